The van der Waals surface area contributed by atoms with Gasteiger partial charge in [0.2, 0.25) is 17.8 Å². The maximum Gasteiger partial charge on any atom is 0.381 e. The molecule has 13 nitrogen and oxygen atoms in total. The van der Waals surface area contributed by atoms with Crippen LogP contribution in [-0.2, 0) is 33.2 Å². The molecule has 1 heterocycles. The first-order valence-corrected chi connectivity index (χ1v) is 7.81. The third-order valence-electron chi connectivity index (χ3n) is 3.87. The Morgan fingerprint density at radius 1 is 0.778 bits per heavy atom. The molecule has 0 atom stereocenters. The molecule has 27 heavy (non-hydrogen) atoms. The van der Waals surface area contributed by atoms with E-state index in [4.69, 9.17) is 44.6 Å². The zero-order valence-electron chi connectivity index (χ0n) is 16.6. The summed E-state index contributed by atoms with van der Waals surface area (Å²) >= 11 is 0. The first kappa shape index (κ1) is 23.2. The number of methoxy groups -OCH3 is 6. The topological polar surface area (TPSA) is 167 Å². The lowest BCUT2D eigenvalue weighted by Gasteiger charge is -2.47. The number of hydrogen-bond acceptors (Lipinski definition) is 13. The lowest BCUT2D eigenvalue weighted by atomic mass is 10.1. The third-order valence-corrected chi connectivity index (χ3v) is 3.87. The summed E-state index contributed by atoms with van der Waals surface area (Å²) in [6.45, 7) is 1.78. The van der Waals surface area contributed by atoms with Crippen molar-refractivity contribution in [3.05, 3.63) is 0 Å². The van der Waals surface area contributed by atoms with Gasteiger partial charge in [0, 0.05) is 49.1 Å². The van der Waals surface area contributed by atoms with Gasteiger partial charge < -0.3 is 39.9 Å². The van der Waals surface area contributed by atoms with E-state index in [1.165, 1.54) is 42.7 Å². The zero-order valence-corrected chi connectivity index (χ0v) is 16.6. The highest BCUT2D eigenvalue weighted by Gasteiger charge is 2.60. The van der Waals surface area contributed by atoms with Crippen molar-refractivity contribution in [3.63, 3.8) is 0 Å². The Kier molecular flexibility index (Phi) is 8.04. The van der Waals surface area contributed by atoms with Gasteiger partial charge in [-0.3, -0.25) is 5.32 Å². The molecule has 0 amide bonds. The van der Waals surface area contributed by atoms with E-state index in [9.17, 15) is 0 Å². The van der Waals surface area contributed by atoms with Gasteiger partial charge in [-0.2, -0.15) is 15.0 Å². The quantitative estimate of drug-likeness (QED) is 0.397. The second-order valence-electron chi connectivity index (χ2n) is 5.05. The van der Waals surface area contributed by atoms with Crippen molar-refractivity contribution in [2.75, 3.05) is 59.4 Å². The van der Waals surface area contributed by atoms with Gasteiger partial charge in [0.05, 0.1) is 0 Å². The molecule has 0 aliphatic carbocycles. The van der Waals surface area contributed by atoms with Gasteiger partial charge in [0.1, 0.15) is 0 Å². The number of nitrogens with one attached hydrogen (secondary N) is 1. The fourth-order valence-electron chi connectivity index (χ4n) is 2.47. The van der Waals surface area contributed by atoms with Crippen LogP contribution in [0.2, 0.25) is 0 Å². The largest absolute Gasteiger partial charge is 0.381 e. The maximum absolute atomic E-state index is 5.91. The third kappa shape index (κ3) is 4.52. The molecule has 0 saturated heterocycles. The molecule has 0 saturated carbocycles. The molecule has 5 N–H and O–H groups in total. The predicted octanol–water partition coefficient (Wildman–Crippen LogP) is -0.286. The van der Waals surface area contributed by atoms with E-state index in [2.05, 4.69) is 20.3 Å². The monoisotopic (exact) mass is 392 g/mol. The van der Waals surface area contributed by atoms with E-state index < -0.39 is 17.9 Å². The van der Waals surface area contributed by atoms with Gasteiger partial charge in [-0.25, -0.2) is 4.74 Å². The van der Waals surface area contributed by atoms with E-state index in [1.54, 1.807) is 6.92 Å². The summed E-state index contributed by atoms with van der Waals surface area (Å²) in [5.74, 6) is -3.74. The number of nitrogen functional groups attached to an aromatic ring is 2. The fraction of sp³-hybridized carbons (Fsp3) is 0.786. The van der Waals surface area contributed by atoms with Crippen molar-refractivity contribution in [3.8, 4) is 0 Å². The van der Waals surface area contributed by atoms with E-state index in [1.807, 2.05) is 0 Å². The first-order chi connectivity index (χ1) is 12.7. The van der Waals surface area contributed by atoms with Crippen molar-refractivity contribution in [2.24, 2.45) is 0 Å². The van der Waals surface area contributed by atoms with Crippen LogP contribution in [0.25, 0.3) is 0 Å². The predicted molar refractivity (Wildman–Crippen MR) is 93.9 cm³/mol. The van der Waals surface area contributed by atoms with Crippen molar-refractivity contribution in [1.82, 2.24) is 15.0 Å². The molecule has 156 valence electrons. The van der Waals surface area contributed by atoms with Gasteiger partial charge in [0.15, 0.2) is 0 Å². The van der Waals surface area contributed by atoms with Crippen LogP contribution in [-0.4, -0.2) is 75.5 Å². The molecule has 0 aliphatic rings. The van der Waals surface area contributed by atoms with Gasteiger partial charge in [-0.1, -0.05) is 6.92 Å². The zero-order chi connectivity index (χ0) is 20.7. The molecule has 0 aromatic carbocycles. The highest BCUT2D eigenvalue weighted by Crippen LogP contribution is 2.38. The molecule has 0 aliphatic heterocycles. The molecule has 0 bridgehead atoms. The Labute approximate surface area is 157 Å². The minimum atomic E-state index is -2.01. The number of nitrogens with zero attached hydrogens (tertiary/aromatic N) is 3. The summed E-state index contributed by atoms with van der Waals surface area (Å²) in [6, 6.07) is 0. The molecule has 1 rings (SSSR count). The number of nitrogens with two attached hydrogens (primary N) is 2. The molecule has 13 heteroatoms. The van der Waals surface area contributed by atoms with E-state index in [-0.39, 0.29) is 24.3 Å². The Balaban J connectivity index is 3.38. The smallest absolute Gasteiger partial charge is 0.368 e. The van der Waals surface area contributed by atoms with Crippen LogP contribution in [0.1, 0.15) is 13.3 Å². The van der Waals surface area contributed by atoms with Gasteiger partial charge in [-0.15, -0.1) is 0 Å². The summed E-state index contributed by atoms with van der Waals surface area (Å²) in [5.41, 5.74) is 11.2. The Morgan fingerprint density at radius 2 is 1.26 bits per heavy atom. The lowest BCUT2D eigenvalue weighted by molar-refractivity contribution is -0.544. The van der Waals surface area contributed by atoms with Gasteiger partial charge in [0.25, 0.3) is 5.79 Å². The molecular formula is C14H28N6O7. The van der Waals surface area contributed by atoms with Gasteiger partial charge >= 0.3 is 12.1 Å². The maximum atomic E-state index is 5.91. The number of aromatic nitrogens is 3. The number of hydrogen-bond donors (Lipinski definition) is 3. The molecule has 0 fully saturated rings. The average molecular weight is 392 g/mol. The molecule has 1 aromatic rings. The van der Waals surface area contributed by atoms with Crippen LogP contribution < -0.4 is 16.8 Å². The second-order valence-corrected chi connectivity index (χ2v) is 5.05. The van der Waals surface area contributed by atoms with Crippen LogP contribution in [0, 0.1) is 0 Å². The first-order valence-electron chi connectivity index (χ1n) is 7.81. The summed E-state index contributed by atoms with van der Waals surface area (Å²) in [5, 5.41) is 2.68. The highest BCUT2D eigenvalue weighted by atomic mass is 17.0. The Bertz CT molecular complexity index is 565. The second kappa shape index (κ2) is 9.36. The number of ether oxygens (including phenoxy) is 7. The summed E-state index contributed by atoms with van der Waals surface area (Å²) in [7, 11) is 8.08. The van der Waals surface area contributed by atoms with Crippen molar-refractivity contribution < 1.29 is 33.2 Å². The minimum Gasteiger partial charge on any atom is -0.368 e. The lowest BCUT2D eigenvalue weighted by Crippen LogP contribution is -2.66. The van der Waals surface area contributed by atoms with Crippen molar-refractivity contribution in [2.45, 2.75) is 31.2 Å². The normalized spacial score (nSPS) is 13.0. The Morgan fingerprint density at radius 3 is 1.59 bits per heavy atom. The van der Waals surface area contributed by atoms with Crippen molar-refractivity contribution in [1.29, 1.82) is 0 Å². The van der Waals surface area contributed by atoms with Crippen LogP contribution in [0.5, 0.6) is 0 Å². The summed E-state index contributed by atoms with van der Waals surface area (Å²) in [4.78, 5) is 11.5. The molecular weight excluding hydrogens is 364 g/mol. The molecule has 1 aromatic heterocycles. The minimum absolute atomic E-state index is 0.0817. The van der Waals surface area contributed by atoms with Crippen LogP contribution in [0.4, 0.5) is 17.8 Å². The average Bonchev–Trinajstić information content (AvgIpc) is 2.67. The molecule has 0 spiro atoms. The standard InChI is InChI=1S/C14H28N6O7/c1-8-12(21-2,22-3)13(23-4,24-5)27-14(25-6,26-7)20-11-18-9(15)17-10(16)19-11/h8H2,1-7H3,(H5,15,16,17,18,19,20). The van der Waals surface area contributed by atoms with E-state index >= 15 is 0 Å². The summed E-state index contributed by atoms with van der Waals surface area (Å²) < 4.78 is 38.5. The van der Waals surface area contributed by atoms with Crippen LogP contribution >= 0.6 is 0 Å². The van der Waals surface area contributed by atoms with Crippen LogP contribution in [0.3, 0.4) is 0 Å². The van der Waals surface area contributed by atoms with Crippen LogP contribution in [0.15, 0.2) is 0 Å². The highest BCUT2D eigenvalue weighted by molar-refractivity contribution is 5.37. The molecule has 0 unspecified atom stereocenters. The van der Waals surface area contributed by atoms with E-state index in [0.29, 0.717) is 0 Å². The fourth-order valence-corrected chi connectivity index (χ4v) is 2.47. The molecule has 0 radical (unpaired) electrons. The number of anilines is 3. The summed E-state index contributed by atoms with van der Waals surface area (Å²) in [6.07, 6.45) is -1.74. The number of rotatable bonds is 12. The van der Waals surface area contributed by atoms with E-state index in [0.717, 1.165) is 0 Å². The Hall–Kier alpha value is -1.87. The van der Waals surface area contributed by atoms with Gasteiger partial charge in [-0.05, 0) is 0 Å². The van der Waals surface area contributed by atoms with Crippen molar-refractivity contribution >= 4 is 17.8 Å². The SMILES string of the molecule is CCC(OC)(OC)C(OC)(OC)OC(Nc1nc(N)nc(N)n1)(OC)OC.